The van der Waals surface area contributed by atoms with Crippen LogP contribution in [0.25, 0.3) is 0 Å². The van der Waals surface area contributed by atoms with E-state index in [0.29, 0.717) is 6.61 Å². The molecule has 3 heteroatoms. The summed E-state index contributed by atoms with van der Waals surface area (Å²) < 4.78 is 5.07. The van der Waals surface area contributed by atoms with Gasteiger partial charge >= 0.3 is 0 Å². The third-order valence-corrected chi connectivity index (χ3v) is 1.46. The van der Waals surface area contributed by atoms with Crippen LogP contribution in [-0.2, 0) is 9.53 Å². The van der Waals surface area contributed by atoms with Gasteiger partial charge in [0.25, 0.3) is 5.91 Å². The molecule has 3 nitrogen and oxygen atoms in total. The highest BCUT2D eigenvalue weighted by molar-refractivity contribution is 5.86. The van der Waals surface area contributed by atoms with E-state index in [-0.39, 0.29) is 12.0 Å². The van der Waals surface area contributed by atoms with Crippen LogP contribution < -0.4 is 0 Å². The molecule has 1 heterocycles. The summed E-state index contributed by atoms with van der Waals surface area (Å²) >= 11 is 0. The van der Waals surface area contributed by atoms with E-state index in [9.17, 15) is 4.79 Å². The van der Waals surface area contributed by atoms with Crippen molar-refractivity contribution >= 4 is 5.91 Å². The van der Waals surface area contributed by atoms with Gasteiger partial charge in [-0.1, -0.05) is 0 Å². The number of carbonyl (C=O) groups is 1. The van der Waals surface area contributed by atoms with Crippen molar-refractivity contribution in [1.82, 2.24) is 4.90 Å². The lowest BCUT2D eigenvalue weighted by molar-refractivity contribution is -0.158. The second-order valence-corrected chi connectivity index (χ2v) is 2.16. The average molecular weight is 129 g/mol. The number of likely N-dealkylation sites (N-methyl/N-ethyl adjacent to an activating group) is 1. The molecule has 1 amide bonds. The topological polar surface area (TPSA) is 29.5 Å². The molecule has 1 unspecified atom stereocenters. The zero-order valence-corrected chi connectivity index (χ0v) is 5.76. The minimum absolute atomic E-state index is 0.108. The number of hydrogen-bond acceptors (Lipinski definition) is 2. The molecule has 0 aromatic rings. The van der Waals surface area contributed by atoms with Crippen LogP contribution in [0.1, 0.15) is 6.92 Å². The average Bonchev–Trinajstić information content (AvgIpc) is 1.88. The highest BCUT2D eigenvalue weighted by Crippen LogP contribution is 2.09. The van der Waals surface area contributed by atoms with Gasteiger partial charge in [-0.25, -0.2) is 0 Å². The molecule has 0 spiro atoms. The van der Waals surface area contributed by atoms with Crippen LogP contribution in [0.4, 0.5) is 0 Å². The molecule has 1 atom stereocenters. The maximum Gasteiger partial charge on any atom is 0.253 e. The summed E-state index contributed by atoms with van der Waals surface area (Å²) in [7, 11) is 1.78. The molecule has 0 aromatic heterocycles. The fourth-order valence-electron chi connectivity index (χ4n) is 0.875. The predicted molar refractivity (Wildman–Crippen MR) is 33.1 cm³/mol. The smallest absolute Gasteiger partial charge is 0.253 e. The lowest BCUT2D eigenvalue weighted by Gasteiger charge is -2.34. The fraction of sp³-hybridized carbons (Fsp3) is 0.833. The maximum atomic E-state index is 10.8. The van der Waals surface area contributed by atoms with Gasteiger partial charge in [0.2, 0.25) is 0 Å². The SMILES string of the molecule is CCOC1CN(C)C1=O. The normalized spacial score (nSPS) is 26.2. The second-order valence-electron chi connectivity index (χ2n) is 2.16. The minimum atomic E-state index is -0.139. The molecule has 0 saturated carbocycles. The Morgan fingerprint density at radius 3 is 2.89 bits per heavy atom. The van der Waals surface area contributed by atoms with Crippen LogP contribution >= 0.6 is 0 Å². The maximum absolute atomic E-state index is 10.8. The van der Waals surface area contributed by atoms with E-state index in [0.717, 1.165) is 6.54 Å². The van der Waals surface area contributed by atoms with Crippen molar-refractivity contribution in [2.75, 3.05) is 20.2 Å². The van der Waals surface area contributed by atoms with Gasteiger partial charge in [-0.3, -0.25) is 4.79 Å². The van der Waals surface area contributed by atoms with Crippen LogP contribution in [0.15, 0.2) is 0 Å². The Morgan fingerprint density at radius 1 is 1.89 bits per heavy atom. The highest BCUT2D eigenvalue weighted by Gasteiger charge is 2.33. The van der Waals surface area contributed by atoms with Crippen molar-refractivity contribution in [1.29, 1.82) is 0 Å². The number of carbonyl (C=O) groups excluding carboxylic acids is 1. The van der Waals surface area contributed by atoms with Gasteiger partial charge in [0, 0.05) is 13.7 Å². The van der Waals surface area contributed by atoms with E-state index < -0.39 is 0 Å². The van der Waals surface area contributed by atoms with Crippen LogP contribution in [-0.4, -0.2) is 37.1 Å². The molecule has 1 aliphatic rings. The number of ether oxygens (including phenoxy) is 1. The Labute approximate surface area is 54.6 Å². The predicted octanol–water partition coefficient (Wildman–Crippen LogP) is -0.137. The molecule has 52 valence electrons. The van der Waals surface area contributed by atoms with Crippen LogP contribution in [0, 0.1) is 0 Å². The Kier molecular flexibility index (Phi) is 1.71. The van der Waals surface area contributed by atoms with Gasteiger partial charge in [-0.05, 0) is 6.92 Å². The van der Waals surface area contributed by atoms with Crippen molar-refractivity contribution in [2.45, 2.75) is 13.0 Å². The molecular weight excluding hydrogens is 118 g/mol. The molecule has 1 rings (SSSR count). The van der Waals surface area contributed by atoms with E-state index in [2.05, 4.69) is 0 Å². The summed E-state index contributed by atoms with van der Waals surface area (Å²) in [5, 5.41) is 0. The Bertz CT molecular complexity index is 122. The van der Waals surface area contributed by atoms with Gasteiger partial charge in [0.05, 0.1) is 6.54 Å². The summed E-state index contributed by atoms with van der Waals surface area (Å²) in [6, 6.07) is 0. The molecule has 0 aromatic carbocycles. The Morgan fingerprint density at radius 2 is 2.56 bits per heavy atom. The number of amides is 1. The summed E-state index contributed by atoms with van der Waals surface area (Å²) in [4.78, 5) is 12.4. The first-order chi connectivity index (χ1) is 4.25. The van der Waals surface area contributed by atoms with Crippen molar-refractivity contribution in [3.63, 3.8) is 0 Å². The number of likely N-dealkylation sites (tertiary alicyclic amines) is 1. The number of nitrogens with zero attached hydrogens (tertiary/aromatic N) is 1. The van der Waals surface area contributed by atoms with Crippen molar-refractivity contribution in [3.8, 4) is 0 Å². The number of rotatable bonds is 2. The van der Waals surface area contributed by atoms with Crippen molar-refractivity contribution in [3.05, 3.63) is 0 Å². The van der Waals surface area contributed by atoms with Gasteiger partial charge < -0.3 is 9.64 Å². The quantitative estimate of drug-likeness (QED) is 0.486. The highest BCUT2D eigenvalue weighted by atomic mass is 16.5. The van der Waals surface area contributed by atoms with Crippen LogP contribution in [0.3, 0.4) is 0 Å². The fourth-order valence-corrected chi connectivity index (χ4v) is 0.875. The zero-order chi connectivity index (χ0) is 6.85. The molecular formula is C6H11NO2. The summed E-state index contributed by atoms with van der Waals surface area (Å²) in [5.41, 5.74) is 0. The first-order valence-corrected chi connectivity index (χ1v) is 3.12. The second kappa shape index (κ2) is 2.35. The van der Waals surface area contributed by atoms with E-state index >= 15 is 0 Å². The largest absolute Gasteiger partial charge is 0.367 e. The molecule has 0 aliphatic carbocycles. The first-order valence-electron chi connectivity index (χ1n) is 3.12. The molecule has 1 aliphatic heterocycles. The van der Waals surface area contributed by atoms with Gasteiger partial charge in [0.15, 0.2) is 6.10 Å². The lowest BCUT2D eigenvalue weighted by Crippen LogP contribution is -2.55. The zero-order valence-electron chi connectivity index (χ0n) is 5.76. The molecule has 1 saturated heterocycles. The third-order valence-electron chi connectivity index (χ3n) is 1.46. The number of hydrogen-bond donors (Lipinski definition) is 0. The molecule has 0 N–H and O–H groups in total. The molecule has 9 heavy (non-hydrogen) atoms. The monoisotopic (exact) mass is 129 g/mol. The van der Waals surface area contributed by atoms with Gasteiger partial charge in [-0.15, -0.1) is 0 Å². The van der Waals surface area contributed by atoms with Crippen LogP contribution in [0.5, 0.6) is 0 Å². The molecule has 0 bridgehead atoms. The summed E-state index contributed by atoms with van der Waals surface area (Å²) in [5.74, 6) is 0.108. The number of β-lactam (4-membered cyclic amide) rings is 1. The van der Waals surface area contributed by atoms with E-state index in [4.69, 9.17) is 4.74 Å². The van der Waals surface area contributed by atoms with Gasteiger partial charge in [-0.2, -0.15) is 0 Å². The van der Waals surface area contributed by atoms with Gasteiger partial charge in [0.1, 0.15) is 0 Å². The van der Waals surface area contributed by atoms with Crippen molar-refractivity contribution in [2.24, 2.45) is 0 Å². The summed E-state index contributed by atoms with van der Waals surface area (Å²) in [6.45, 7) is 3.28. The Balaban J connectivity index is 2.25. The van der Waals surface area contributed by atoms with E-state index in [1.54, 1.807) is 11.9 Å². The van der Waals surface area contributed by atoms with E-state index in [1.807, 2.05) is 6.92 Å². The van der Waals surface area contributed by atoms with Crippen molar-refractivity contribution < 1.29 is 9.53 Å². The third kappa shape index (κ3) is 1.05. The van der Waals surface area contributed by atoms with Crippen LogP contribution in [0.2, 0.25) is 0 Å². The first kappa shape index (κ1) is 6.55. The standard InChI is InChI=1S/C6H11NO2/c1-3-9-5-4-7(2)6(5)8/h5H,3-4H2,1-2H3. The summed E-state index contributed by atoms with van der Waals surface area (Å²) in [6.07, 6.45) is -0.139. The lowest BCUT2D eigenvalue weighted by atomic mass is 10.2. The molecule has 1 fully saturated rings. The molecule has 0 radical (unpaired) electrons. The Hall–Kier alpha value is -0.570. The minimum Gasteiger partial charge on any atom is -0.367 e. The van der Waals surface area contributed by atoms with E-state index in [1.165, 1.54) is 0 Å².